The van der Waals surface area contributed by atoms with Crippen LogP contribution in [0.1, 0.15) is 12.5 Å². The molecular formula is C28H29FN2O2. The lowest BCUT2D eigenvalue weighted by atomic mass is 10.1. The van der Waals surface area contributed by atoms with Crippen LogP contribution >= 0.6 is 0 Å². The summed E-state index contributed by atoms with van der Waals surface area (Å²) < 4.78 is 25.1. The van der Waals surface area contributed by atoms with Crippen LogP contribution in [0, 0.1) is 0 Å². The third kappa shape index (κ3) is 5.88. The molecule has 4 aromatic rings. The van der Waals surface area contributed by atoms with Crippen LogP contribution in [-0.2, 0) is 11.3 Å². The molecule has 1 heterocycles. The van der Waals surface area contributed by atoms with Crippen LogP contribution < -0.4 is 9.64 Å². The van der Waals surface area contributed by atoms with Crippen molar-refractivity contribution >= 4 is 16.6 Å². The Morgan fingerprint density at radius 3 is 2.42 bits per heavy atom. The zero-order valence-corrected chi connectivity index (χ0v) is 19.1. The maximum absolute atomic E-state index is 13.6. The van der Waals surface area contributed by atoms with E-state index < -0.39 is 12.8 Å². The highest BCUT2D eigenvalue weighted by molar-refractivity contribution is 5.83. The second-order valence-corrected chi connectivity index (χ2v) is 8.01. The number of aromatic nitrogens is 1. The summed E-state index contributed by atoms with van der Waals surface area (Å²) in [5.74, 6) is 0.582. The standard InChI is InChI=1S/C28H29FN2O2/c1-3-31(2)24-13-9-22(10-14-24)27-16-12-23-11-15-25(17-28(23)30-27)33-26(18-29)20-32-19-21-7-5-4-6-8-21/h4-17,26H,3,18-20H2,1-2H3. The first-order valence-corrected chi connectivity index (χ1v) is 11.2. The monoisotopic (exact) mass is 444 g/mol. The summed E-state index contributed by atoms with van der Waals surface area (Å²) in [6.07, 6.45) is -0.669. The van der Waals surface area contributed by atoms with Crippen LogP contribution in [0.15, 0.2) is 84.9 Å². The van der Waals surface area contributed by atoms with E-state index in [1.54, 1.807) is 0 Å². The lowest BCUT2D eigenvalue weighted by Crippen LogP contribution is -2.25. The first-order chi connectivity index (χ1) is 16.2. The summed E-state index contributed by atoms with van der Waals surface area (Å²) in [7, 11) is 2.07. The predicted molar refractivity (Wildman–Crippen MR) is 133 cm³/mol. The van der Waals surface area contributed by atoms with Gasteiger partial charge in [0.15, 0.2) is 6.10 Å². The predicted octanol–water partition coefficient (Wildman–Crippen LogP) is 6.29. The Bertz CT molecular complexity index is 1170. The Morgan fingerprint density at radius 1 is 0.939 bits per heavy atom. The molecule has 0 saturated carbocycles. The molecule has 5 heteroatoms. The van der Waals surface area contributed by atoms with Gasteiger partial charge in [0.25, 0.3) is 0 Å². The Morgan fingerprint density at radius 2 is 1.70 bits per heavy atom. The highest BCUT2D eigenvalue weighted by atomic mass is 19.1. The van der Waals surface area contributed by atoms with Crippen LogP contribution in [0.4, 0.5) is 10.1 Å². The minimum Gasteiger partial charge on any atom is -0.485 e. The molecule has 0 aliphatic heterocycles. The molecule has 4 nitrogen and oxygen atoms in total. The van der Waals surface area contributed by atoms with Gasteiger partial charge in [0.2, 0.25) is 0 Å². The van der Waals surface area contributed by atoms with Gasteiger partial charge in [0.1, 0.15) is 12.4 Å². The molecule has 1 aromatic heterocycles. The van der Waals surface area contributed by atoms with Crippen molar-refractivity contribution in [3.8, 4) is 17.0 Å². The van der Waals surface area contributed by atoms with Crippen molar-refractivity contribution < 1.29 is 13.9 Å². The number of pyridine rings is 1. The fraction of sp³-hybridized carbons (Fsp3) is 0.250. The van der Waals surface area contributed by atoms with Crippen LogP contribution in [-0.4, -0.2) is 38.0 Å². The van der Waals surface area contributed by atoms with Gasteiger partial charge < -0.3 is 14.4 Å². The molecule has 0 aliphatic carbocycles. The molecule has 0 aliphatic rings. The molecule has 0 N–H and O–H groups in total. The molecule has 0 saturated heterocycles. The molecule has 4 rings (SSSR count). The highest BCUT2D eigenvalue weighted by Crippen LogP contribution is 2.26. The lowest BCUT2D eigenvalue weighted by molar-refractivity contribution is 0.0298. The van der Waals surface area contributed by atoms with Crippen molar-refractivity contribution in [1.82, 2.24) is 4.98 Å². The van der Waals surface area contributed by atoms with Gasteiger partial charge in [-0.2, -0.15) is 0 Å². The number of nitrogens with zero attached hydrogens (tertiary/aromatic N) is 2. The number of halogens is 1. The fourth-order valence-corrected chi connectivity index (χ4v) is 3.59. The van der Waals surface area contributed by atoms with Crippen LogP contribution in [0.5, 0.6) is 5.75 Å². The molecule has 0 fully saturated rings. The lowest BCUT2D eigenvalue weighted by Gasteiger charge is -2.17. The fourth-order valence-electron chi connectivity index (χ4n) is 3.59. The van der Waals surface area contributed by atoms with E-state index in [0.29, 0.717) is 12.4 Å². The number of hydrogen-bond acceptors (Lipinski definition) is 4. The number of rotatable bonds is 10. The Hall–Kier alpha value is -3.44. The zero-order chi connectivity index (χ0) is 23.0. The Kier molecular flexibility index (Phi) is 7.53. The maximum atomic E-state index is 13.6. The molecular weight excluding hydrogens is 415 g/mol. The highest BCUT2D eigenvalue weighted by Gasteiger charge is 2.12. The van der Waals surface area contributed by atoms with Gasteiger partial charge in [-0.05, 0) is 42.8 Å². The smallest absolute Gasteiger partial charge is 0.150 e. The summed E-state index contributed by atoms with van der Waals surface area (Å²) in [6, 6.07) is 27.9. The van der Waals surface area contributed by atoms with Crippen molar-refractivity contribution in [2.24, 2.45) is 0 Å². The van der Waals surface area contributed by atoms with E-state index in [0.717, 1.165) is 34.3 Å². The molecule has 0 radical (unpaired) electrons. The topological polar surface area (TPSA) is 34.6 Å². The van der Waals surface area contributed by atoms with Gasteiger partial charge >= 0.3 is 0 Å². The van der Waals surface area contributed by atoms with E-state index in [2.05, 4.69) is 43.1 Å². The first kappa shape index (κ1) is 22.7. The molecule has 0 amide bonds. The molecule has 0 spiro atoms. The van der Waals surface area contributed by atoms with Crippen molar-refractivity contribution in [2.45, 2.75) is 19.6 Å². The van der Waals surface area contributed by atoms with Crippen molar-refractivity contribution in [3.05, 3.63) is 90.5 Å². The minimum atomic E-state index is -0.669. The van der Waals surface area contributed by atoms with E-state index in [1.165, 1.54) is 5.69 Å². The van der Waals surface area contributed by atoms with E-state index in [9.17, 15) is 4.39 Å². The minimum absolute atomic E-state index is 0.176. The van der Waals surface area contributed by atoms with Gasteiger partial charge in [0.05, 0.1) is 24.4 Å². The number of benzene rings is 3. The average Bonchev–Trinajstić information content (AvgIpc) is 2.88. The summed E-state index contributed by atoms with van der Waals surface area (Å²) >= 11 is 0. The SMILES string of the molecule is CCN(C)c1ccc(-c2ccc3ccc(OC(CF)COCc4ccccc4)cc3n2)cc1. The number of fused-ring (bicyclic) bond motifs is 1. The van der Waals surface area contributed by atoms with Gasteiger partial charge in [0, 0.05) is 36.3 Å². The molecule has 1 unspecified atom stereocenters. The van der Waals surface area contributed by atoms with Gasteiger partial charge in [-0.25, -0.2) is 9.37 Å². The molecule has 170 valence electrons. The van der Waals surface area contributed by atoms with Crippen LogP contribution in [0.2, 0.25) is 0 Å². The van der Waals surface area contributed by atoms with E-state index in [-0.39, 0.29) is 6.61 Å². The van der Waals surface area contributed by atoms with E-state index in [1.807, 2.05) is 60.7 Å². The summed E-state index contributed by atoms with van der Waals surface area (Å²) in [5, 5.41) is 1.01. The molecule has 33 heavy (non-hydrogen) atoms. The zero-order valence-electron chi connectivity index (χ0n) is 19.1. The largest absolute Gasteiger partial charge is 0.485 e. The molecule has 1 atom stereocenters. The third-order valence-corrected chi connectivity index (χ3v) is 5.63. The van der Waals surface area contributed by atoms with Gasteiger partial charge in [-0.3, -0.25) is 0 Å². The van der Waals surface area contributed by atoms with E-state index >= 15 is 0 Å². The second kappa shape index (κ2) is 10.9. The maximum Gasteiger partial charge on any atom is 0.150 e. The first-order valence-electron chi connectivity index (χ1n) is 11.2. The van der Waals surface area contributed by atoms with E-state index in [4.69, 9.17) is 14.5 Å². The van der Waals surface area contributed by atoms with Crippen LogP contribution in [0.25, 0.3) is 22.2 Å². The molecule has 0 bridgehead atoms. The number of hydrogen-bond donors (Lipinski definition) is 0. The summed E-state index contributed by atoms with van der Waals surface area (Å²) in [4.78, 5) is 7.00. The Labute approximate surface area is 194 Å². The average molecular weight is 445 g/mol. The Balaban J connectivity index is 1.45. The molecule has 3 aromatic carbocycles. The van der Waals surface area contributed by atoms with Crippen molar-refractivity contribution in [2.75, 3.05) is 31.8 Å². The van der Waals surface area contributed by atoms with Crippen molar-refractivity contribution in [3.63, 3.8) is 0 Å². The van der Waals surface area contributed by atoms with Gasteiger partial charge in [-0.1, -0.05) is 48.5 Å². The summed E-state index contributed by atoms with van der Waals surface area (Å²) in [5.41, 5.74) is 4.96. The third-order valence-electron chi connectivity index (χ3n) is 5.63. The van der Waals surface area contributed by atoms with Gasteiger partial charge in [-0.15, -0.1) is 0 Å². The van der Waals surface area contributed by atoms with Crippen LogP contribution in [0.3, 0.4) is 0 Å². The number of alkyl halides is 1. The van der Waals surface area contributed by atoms with Crippen molar-refractivity contribution in [1.29, 1.82) is 0 Å². The summed E-state index contributed by atoms with van der Waals surface area (Å²) in [6.45, 7) is 3.05. The number of anilines is 1. The number of ether oxygens (including phenoxy) is 2. The normalized spacial score (nSPS) is 12.0. The quantitative estimate of drug-likeness (QED) is 0.288. The second-order valence-electron chi connectivity index (χ2n) is 8.01.